The summed E-state index contributed by atoms with van der Waals surface area (Å²) in [5.74, 6) is -0.223. The van der Waals surface area contributed by atoms with Crippen LogP contribution in [0.15, 0.2) is 35.2 Å². The Labute approximate surface area is 163 Å². The number of carbonyl (C=O) groups excluding carboxylic acids is 2. The zero-order valence-electron chi connectivity index (χ0n) is 15.6. The second-order valence-corrected chi connectivity index (χ2v) is 9.68. The standard InChI is InChI=1S/C19H22N2O4S2/c1-13-4-7-18(14(2)12-13)27(24,25)21-10-8-20(9-11-21)19(23)17-6-5-16(26-17)15(3)22/h4-7,12H,8-11H2,1-3H3. The highest BCUT2D eigenvalue weighted by Crippen LogP contribution is 2.24. The van der Waals surface area contributed by atoms with Crippen LogP contribution in [-0.4, -0.2) is 55.5 Å². The topological polar surface area (TPSA) is 74.8 Å². The van der Waals surface area contributed by atoms with Crippen molar-refractivity contribution in [2.45, 2.75) is 25.7 Å². The van der Waals surface area contributed by atoms with E-state index in [-0.39, 0.29) is 24.8 Å². The minimum absolute atomic E-state index is 0.0663. The van der Waals surface area contributed by atoms with Gasteiger partial charge in [-0.3, -0.25) is 9.59 Å². The lowest BCUT2D eigenvalue weighted by Crippen LogP contribution is -2.50. The van der Waals surface area contributed by atoms with Gasteiger partial charge in [0.25, 0.3) is 5.91 Å². The Kier molecular flexibility index (Phi) is 5.50. The van der Waals surface area contributed by atoms with Crippen molar-refractivity contribution < 1.29 is 18.0 Å². The summed E-state index contributed by atoms with van der Waals surface area (Å²) < 4.78 is 27.3. The number of hydrogen-bond donors (Lipinski definition) is 0. The van der Waals surface area contributed by atoms with Gasteiger partial charge < -0.3 is 4.90 Å². The van der Waals surface area contributed by atoms with Crippen molar-refractivity contribution in [1.29, 1.82) is 0 Å². The number of ketones is 1. The lowest BCUT2D eigenvalue weighted by Gasteiger charge is -2.34. The molecule has 6 nitrogen and oxygen atoms in total. The van der Waals surface area contributed by atoms with Gasteiger partial charge in [-0.2, -0.15) is 4.31 Å². The summed E-state index contributed by atoms with van der Waals surface area (Å²) >= 11 is 1.18. The number of hydrogen-bond acceptors (Lipinski definition) is 5. The van der Waals surface area contributed by atoms with Crippen LogP contribution in [-0.2, 0) is 10.0 Å². The summed E-state index contributed by atoms with van der Waals surface area (Å²) in [7, 11) is -3.58. The smallest absolute Gasteiger partial charge is 0.264 e. The first-order chi connectivity index (χ1) is 12.7. The molecule has 1 aromatic heterocycles. The Bertz CT molecular complexity index is 987. The molecule has 0 saturated carbocycles. The fraction of sp³-hybridized carbons (Fsp3) is 0.368. The van der Waals surface area contributed by atoms with Crippen molar-refractivity contribution >= 4 is 33.1 Å². The van der Waals surface area contributed by atoms with Gasteiger partial charge in [-0.25, -0.2) is 8.42 Å². The average Bonchev–Trinajstić information content (AvgIpc) is 3.11. The molecule has 1 aromatic carbocycles. The summed E-state index contributed by atoms with van der Waals surface area (Å²) in [5.41, 5.74) is 1.74. The third-order valence-electron chi connectivity index (χ3n) is 4.64. The second kappa shape index (κ2) is 7.53. The van der Waals surface area contributed by atoms with Crippen molar-refractivity contribution in [3.05, 3.63) is 51.2 Å². The van der Waals surface area contributed by atoms with Crippen LogP contribution in [0.4, 0.5) is 0 Å². The summed E-state index contributed by atoms with van der Waals surface area (Å²) in [6, 6.07) is 8.61. The number of nitrogens with zero attached hydrogens (tertiary/aromatic N) is 2. The van der Waals surface area contributed by atoms with E-state index in [2.05, 4.69) is 0 Å². The van der Waals surface area contributed by atoms with Crippen molar-refractivity contribution in [3.8, 4) is 0 Å². The van der Waals surface area contributed by atoms with Gasteiger partial charge in [0.15, 0.2) is 5.78 Å². The van der Waals surface area contributed by atoms with E-state index in [4.69, 9.17) is 0 Å². The third kappa shape index (κ3) is 3.97. The number of thiophene rings is 1. The second-order valence-electron chi connectivity index (χ2n) is 6.69. The Morgan fingerprint density at radius 3 is 2.15 bits per heavy atom. The lowest BCUT2D eigenvalue weighted by atomic mass is 10.2. The van der Waals surface area contributed by atoms with E-state index in [9.17, 15) is 18.0 Å². The van der Waals surface area contributed by atoms with Crippen molar-refractivity contribution in [2.75, 3.05) is 26.2 Å². The molecule has 2 aromatic rings. The number of Topliss-reactive ketones (excluding diaryl/α,β-unsaturated/α-hetero) is 1. The van der Waals surface area contributed by atoms with E-state index in [1.165, 1.54) is 22.6 Å². The summed E-state index contributed by atoms with van der Waals surface area (Å²) in [5, 5.41) is 0. The number of benzene rings is 1. The molecular weight excluding hydrogens is 384 g/mol. The zero-order chi connectivity index (χ0) is 19.8. The maximum atomic E-state index is 12.9. The fourth-order valence-electron chi connectivity index (χ4n) is 3.16. The van der Waals surface area contributed by atoms with E-state index in [0.29, 0.717) is 27.7 Å². The molecular formula is C19H22N2O4S2. The van der Waals surface area contributed by atoms with Gasteiger partial charge in [0, 0.05) is 26.2 Å². The van der Waals surface area contributed by atoms with E-state index >= 15 is 0 Å². The van der Waals surface area contributed by atoms with Gasteiger partial charge >= 0.3 is 0 Å². The molecule has 0 atom stereocenters. The normalized spacial score (nSPS) is 15.7. The highest BCUT2D eigenvalue weighted by molar-refractivity contribution is 7.89. The minimum atomic E-state index is -3.58. The molecule has 144 valence electrons. The van der Waals surface area contributed by atoms with Crippen LogP contribution in [0, 0.1) is 13.8 Å². The highest BCUT2D eigenvalue weighted by atomic mass is 32.2. The van der Waals surface area contributed by atoms with Gasteiger partial charge in [0.1, 0.15) is 0 Å². The first-order valence-electron chi connectivity index (χ1n) is 8.67. The molecule has 2 heterocycles. The Morgan fingerprint density at radius 2 is 1.59 bits per heavy atom. The number of aryl methyl sites for hydroxylation is 2. The first-order valence-corrected chi connectivity index (χ1v) is 10.9. The monoisotopic (exact) mass is 406 g/mol. The van der Waals surface area contributed by atoms with Gasteiger partial charge in [-0.1, -0.05) is 17.7 Å². The molecule has 0 unspecified atom stereocenters. The molecule has 1 aliphatic rings. The molecule has 0 spiro atoms. The fourth-order valence-corrected chi connectivity index (χ4v) is 5.65. The maximum Gasteiger partial charge on any atom is 0.264 e. The molecule has 1 saturated heterocycles. The Morgan fingerprint density at radius 1 is 0.963 bits per heavy atom. The number of piperazine rings is 1. The number of carbonyl (C=O) groups is 2. The van der Waals surface area contributed by atoms with E-state index in [1.807, 2.05) is 13.0 Å². The highest BCUT2D eigenvalue weighted by Gasteiger charge is 2.31. The van der Waals surface area contributed by atoms with Crippen molar-refractivity contribution in [2.24, 2.45) is 0 Å². The van der Waals surface area contributed by atoms with Gasteiger partial charge in [-0.15, -0.1) is 11.3 Å². The van der Waals surface area contributed by atoms with Crippen LogP contribution in [0.25, 0.3) is 0 Å². The number of sulfonamides is 1. The molecule has 1 amide bonds. The largest absolute Gasteiger partial charge is 0.335 e. The van der Waals surface area contributed by atoms with E-state index < -0.39 is 10.0 Å². The van der Waals surface area contributed by atoms with Gasteiger partial charge in [-0.05, 0) is 44.5 Å². The SMILES string of the molecule is CC(=O)c1ccc(C(=O)N2CCN(S(=O)(=O)c3ccc(C)cc3C)CC2)s1. The van der Waals surface area contributed by atoms with Crippen LogP contribution < -0.4 is 0 Å². The predicted molar refractivity (Wildman–Crippen MR) is 105 cm³/mol. The maximum absolute atomic E-state index is 12.9. The van der Waals surface area contributed by atoms with Crippen LogP contribution >= 0.6 is 11.3 Å². The number of rotatable bonds is 4. The first kappa shape index (κ1) is 19.7. The van der Waals surface area contributed by atoms with Crippen LogP contribution in [0.1, 0.15) is 37.4 Å². The average molecular weight is 407 g/mol. The van der Waals surface area contributed by atoms with Crippen LogP contribution in [0.2, 0.25) is 0 Å². The quantitative estimate of drug-likeness (QED) is 0.732. The molecule has 0 N–H and O–H groups in total. The van der Waals surface area contributed by atoms with E-state index in [1.54, 1.807) is 36.1 Å². The molecule has 27 heavy (non-hydrogen) atoms. The minimum Gasteiger partial charge on any atom is -0.335 e. The zero-order valence-corrected chi connectivity index (χ0v) is 17.2. The molecule has 0 radical (unpaired) electrons. The van der Waals surface area contributed by atoms with Crippen LogP contribution in [0.3, 0.4) is 0 Å². The Hall–Kier alpha value is -2.03. The van der Waals surface area contributed by atoms with Gasteiger partial charge in [0.05, 0.1) is 14.6 Å². The molecule has 0 bridgehead atoms. The Balaban J connectivity index is 1.70. The van der Waals surface area contributed by atoms with Crippen molar-refractivity contribution in [3.63, 3.8) is 0 Å². The molecule has 8 heteroatoms. The van der Waals surface area contributed by atoms with Crippen LogP contribution in [0.5, 0.6) is 0 Å². The number of amides is 1. The summed E-state index contributed by atoms with van der Waals surface area (Å²) in [6.45, 7) is 6.36. The van der Waals surface area contributed by atoms with E-state index in [0.717, 1.165) is 11.1 Å². The van der Waals surface area contributed by atoms with Gasteiger partial charge in [0.2, 0.25) is 10.0 Å². The molecule has 1 aliphatic heterocycles. The van der Waals surface area contributed by atoms with Crippen molar-refractivity contribution in [1.82, 2.24) is 9.21 Å². The summed E-state index contributed by atoms with van der Waals surface area (Å²) in [4.78, 5) is 27.0. The third-order valence-corrected chi connectivity index (χ3v) is 7.87. The molecule has 1 fully saturated rings. The lowest BCUT2D eigenvalue weighted by molar-refractivity contribution is 0.0702. The predicted octanol–water partition coefficient (Wildman–Crippen LogP) is 2.71. The molecule has 0 aliphatic carbocycles. The summed E-state index contributed by atoms with van der Waals surface area (Å²) in [6.07, 6.45) is 0. The molecule has 3 rings (SSSR count).